The molecule has 4 nitrogen and oxygen atoms in total. The minimum atomic E-state index is -0.425. The van der Waals surface area contributed by atoms with Gasteiger partial charge in [0.2, 0.25) is 0 Å². The van der Waals surface area contributed by atoms with Crippen molar-refractivity contribution in [3.63, 3.8) is 0 Å². The van der Waals surface area contributed by atoms with Crippen LogP contribution in [0.2, 0.25) is 10.2 Å². The van der Waals surface area contributed by atoms with Gasteiger partial charge in [-0.3, -0.25) is 9.63 Å². The van der Waals surface area contributed by atoms with Gasteiger partial charge >= 0.3 is 0 Å². The average Bonchev–Trinajstić information content (AvgIpc) is 2.33. The van der Waals surface area contributed by atoms with Crippen molar-refractivity contribution in [3.05, 3.63) is 21.9 Å². The number of aromatic nitrogens is 1. The molecule has 0 fully saturated rings. The van der Waals surface area contributed by atoms with Crippen LogP contribution in [0.4, 0.5) is 0 Å². The van der Waals surface area contributed by atoms with E-state index in [-0.39, 0.29) is 10.8 Å². The van der Waals surface area contributed by atoms with E-state index in [1.54, 1.807) is 0 Å². The molecule has 0 bridgehead atoms. The fraction of sp³-hybridized carbons (Fsp3) is 0.167. The summed E-state index contributed by atoms with van der Waals surface area (Å²) in [5, 5.41) is 0.538. The molecule has 1 heterocycles. The van der Waals surface area contributed by atoms with Gasteiger partial charge in [0.05, 0.1) is 12.1 Å². The van der Waals surface area contributed by atoms with Crippen molar-refractivity contribution < 1.29 is 9.63 Å². The predicted molar refractivity (Wildman–Crippen MR) is 45.3 cm³/mol. The van der Waals surface area contributed by atoms with Crippen LogP contribution >= 0.6 is 23.2 Å². The first-order valence-corrected chi connectivity index (χ1v) is 3.78. The van der Waals surface area contributed by atoms with Crippen molar-refractivity contribution in [2.75, 3.05) is 7.11 Å². The number of hydrogen-bond acceptors (Lipinski definition) is 2. The first-order chi connectivity index (χ1) is 5.65. The monoisotopic (exact) mass is 208 g/mol. The number of H-pyrrole nitrogens is 1. The van der Waals surface area contributed by atoms with Crippen molar-refractivity contribution in [1.29, 1.82) is 0 Å². The number of rotatable bonds is 2. The lowest BCUT2D eigenvalue weighted by Crippen LogP contribution is -2.21. The van der Waals surface area contributed by atoms with Crippen LogP contribution in [0.1, 0.15) is 10.5 Å². The van der Waals surface area contributed by atoms with Crippen molar-refractivity contribution in [2.24, 2.45) is 0 Å². The molecule has 6 heteroatoms. The van der Waals surface area contributed by atoms with Gasteiger partial charge in [-0.15, -0.1) is 0 Å². The van der Waals surface area contributed by atoms with E-state index >= 15 is 0 Å². The number of carbonyl (C=O) groups is 1. The highest BCUT2D eigenvalue weighted by Crippen LogP contribution is 2.21. The van der Waals surface area contributed by atoms with Crippen LogP contribution in [0.5, 0.6) is 0 Å². The molecule has 0 atom stereocenters. The van der Waals surface area contributed by atoms with E-state index in [4.69, 9.17) is 23.2 Å². The normalized spacial score (nSPS) is 9.92. The van der Waals surface area contributed by atoms with Gasteiger partial charge in [0, 0.05) is 0 Å². The Morgan fingerprint density at radius 1 is 1.67 bits per heavy atom. The van der Waals surface area contributed by atoms with Crippen molar-refractivity contribution in [1.82, 2.24) is 10.5 Å². The molecule has 0 unspecified atom stereocenters. The summed E-state index contributed by atoms with van der Waals surface area (Å²) in [6.45, 7) is 0. The summed E-state index contributed by atoms with van der Waals surface area (Å²) in [4.78, 5) is 18.0. The Morgan fingerprint density at radius 3 is 2.75 bits per heavy atom. The molecule has 0 aliphatic rings. The topological polar surface area (TPSA) is 54.1 Å². The van der Waals surface area contributed by atoms with Crippen LogP contribution < -0.4 is 5.48 Å². The highest BCUT2D eigenvalue weighted by atomic mass is 35.5. The lowest BCUT2D eigenvalue weighted by molar-refractivity contribution is 0.0533. The summed E-state index contributed by atoms with van der Waals surface area (Å²) in [5.74, 6) is -0.425. The second-order valence-corrected chi connectivity index (χ2v) is 2.77. The summed E-state index contributed by atoms with van der Waals surface area (Å²) >= 11 is 11.2. The number of hydroxylamine groups is 1. The Labute approximate surface area is 78.8 Å². The predicted octanol–water partition coefficient (Wildman–Crippen LogP) is 1.61. The van der Waals surface area contributed by atoms with Gasteiger partial charge in [-0.05, 0) is 6.07 Å². The Balaban J connectivity index is 2.82. The summed E-state index contributed by atoms with van der Waals surface area (Å²) in [6.07, 6.45) is 0. The first kappa shape index (κ1) is 9.38. The Kier molecular flexibility index (Phi) is 2.97. The molecule has 0 aliphatic carbocycles. The van der Waals surface area contributed by atoms with Crippen LogP contribution in [0.15, 0.2) is 6.07 Å². The van der Waals surface area contributed by atoms with Gasteiger partial charge in [0.1, 0.15) is 10.8 Å². The molecule has 0 saturated carbocycles. The highest BCUT2D eigenvalue weighted by Gasteiger charge is 2.10. The zero-order valence-electron chi connectivity index (χ0n) is 6.15. The Morgan fingerprint density at radius 2 is 2.33 bits per heavy atom. The molecule has 1 rings (SSSR count). The van der Waals surface area contributed by atoms with Crippen molar-refractivity contribution in [2.45, 2.75) is 0 Å². The molecule has 0 aliphatic heterocycles. The SMILES string of the molecule is CONC(=O)c1cc(Cl)c(Cl)[nH]1. The second-order valence-electron chi connectivity index (χ2n) is 1.98. The van der Waals surface area contributed by atoms with Crippen LogP contribution in [-0.2, 0) is 4.84 Å². The van der Waals surface area contributed by atoms with E-state index in [0.29, 0.717) is 5.02 Å². The summed E-state index contributed by atoms with van der Waals surface area (Å²) in [7, 11) is 1.34. The lowest BCUT2D eigenvalue weighted by atomic mass is 10.4. The van der Waals surface area contributed by atoms with Gasteiger partial charge in [0.15, 0.2) is 0 Å². The number of halogens is 2. The zero-order chi connectivity index (χ0) is 9.14. The molecule has 12 heavy (non-hydrogen) atoms. The Hall–Kier alpha value is -0.710. The molecular formula is C6H6Cl2N2O2. The van der Waals surface area contributed by atoms with Gasteiger partial charge < -0.3 is 4.98 Å². The van der Waals surface area contributed by atoms with Gasteiger partial charge in [-0.1, -0.05) is 23.2 Å². The third-order valence-corrected chi connectivity index (χ3v) is 1.86. The van der Waals surface area contributed by atoms with Crippen LogP contribution in [0.25, 0.3) is 0 Å². The highest BCUT2D eigenvalue weighted by molar-refractivity contribution is 6.41. The molecule has 2 N–H and O–H groups in total. The fourth-order valence-corrected chi connectivity index (χ4v) is 0.987. The molecule has 66 valence electrons. The molecular weight excluding hydrogens is 203 g/mol. The number of nitrogens with one attached hydrogen (secondary N) is 2. The van der Waals surface area contributed by atoms with E-state index in [2.05, 4.69) is 15.3 Å². The quantitative estimate of drug-likeness (QED) is 0.727. The van der Waals surface area contributed by atoms with Gasteiger partial charge in [-0.25, -0.2) is 5.48 Å². The number of aromatic amines is 1. The third kappa shape index (κ3) is 1.91. The molecule has 0 aromatic carbocycles. The number of amides is 1. The molecule has 0 spiro atoms. The van der Waals surface area contributed by atoms with Crippen LogP contribution in [0, 0.1) is 0 Å². The van der Waals surface area contributed by atoms with Crippen LogP contribution in [-0.4, -0.2) is 18.0 Å². The fourth-order valence-electron chi connectivity index (χ4n) is 0.674. The molecule has 0 radical (unpaired) electrons. The Bertz CT molecular complexity index is 278. The van der Waals surface area contributed by atoms with E-state index < -0.39 is 5.91 Å². The van der Waals surface area contributed by atoms with Crippen molar-refractivity contribution in [3.8, 4) is 0 Å². The standard InChI is InChI=1S/C6H6Cl2N2O2/c1-12-10-6(11)4-2-3(7)5(8)9-4/h2,9H,1H3,(H,10,11). The third-order valence-electron chi connectivity index (χ3n) is 1.16. The molecule has 0 saturated heterocycles. The minimum Gasteiger partial charge on any atom is -0.340 e. The smallest absolute Gasteiger partial charge is 0.291 e. The summed E-state index contributed by atoms with van der Waals surface area (Å²) in [5.41, 5.74) is 2.37. The minimum absolute atomic E-state index is 0.234. The average molecular weight is 209 g/mol. The van der Waals surface area contributed by atoms with E-state index in [1.165, 1.54) is 13.2 Å². The largest absolute Gasteiger partial charge is 0.340 e. The van der Waals surface area contributed by atoms with Gasteiger partial charge in [-0.2, -0.15) is 0 Å². The second kappa shape index (κ2) is 3.80. The van der Waals surface area contributed by atoms with Crippen molar-refractivity contribution >= 4 is 29.1 Å². The maximum atomic E-state index is 11.0. The molecule has 1 amide bonds. The van der Waals surface area contributed by atoms with Gasteiger partial charge in [0.25, 0.3) is 5.91 Å². The maximum absolute atomic E-state index is 11.0. The van der Waals surface area contributed by atoms with E-state index in [9.17, 15) is 4.79 Å². The summed E-state index contributed by atoms with van der Waals surface area (Å²) in [6, 6.07) is 1.41. The molecule has 1 aromatic heterocycles. The van der Waals surface area contributed by atoms with Crippen LogP contribution in [0.3, 0.4) is 0 Å². The van der Waals surface area contributed by atoms with E-state index in [0.717, 1.165) is 0 Å². The molecule has 1 aromatic rings. The van der Waals surface area contributed by atoms with E-state index in [1.807, 2.05) is 0 Å². The number of carbonyl (C=O) groups excluding carboxylic acids is 1. The summed E-state index contributed by atoms with van der Waals surface area (Å²) < 4.78 is 0. The lowest BCUT2D eigenvalue weighted by Gasteiger charge is -1.96. The maximum Gasteiger partial charge on any atom is 0.291 e. The zero-order valence-corrected chi connectivity index (χ0v) is 7.66. The number of hydrogen-bond donors (Lipinski definition) is 2. The first-order valence-electron chi connectivity index (χ1n) is 3.02.